The van der Waals surface area contributed by atoms with Crippen molar-refractivity contribution in [3.8, 4) is 5.75 Å². The summed E-state index contributed by atoms with van der Waals surface area (Å²) in [6.07, 6.45) is 0.245. The molecule has 0 bridgehead atoms. The van der Waals surface area contributed by atoms with Crippen LogP contribution in [0.5, 0.6) is 5.75 Å². The lowest BCUT2D eigenvalue weighted by Gasteiger charge is -2.15. The molecule has 0 fully saturated rings. The summed E-state index contributed by atoms with van der Waals surface area (Å²) < 4.78 is 5.52. The highest BCUT2D eigenvalue weighted by molar-refractivity contribution is 5.73. The van der Waals surface area contributed by atoms with Gasteiger partial charge in [0.25, 0.3) is 0 Å². The Balaban J connectivity index is 2.64. The summed E-state index contributed by atoms with van der Waals surface area (Å²) in [5, 5.41) is 3.36. The fraction of sp³-hybridized carbons (Fsp3) is 0.500. The van der Waals surface area contributed by atoms with Gasteiger partial charge >= 0.3 is 0 Å². The van der Waals surface area contributed by atoms with Gasteiger partial charge in [0.2, 0.25) is 5.91 Å². The van der Waals surface area contributed by atoms with Crippen LogP contribution in [0.25, 0.3) is 0 Å². The summed E-state index contributed by atoms with van der Waals surface area (Å²) in [6, 6.07) is 6.42. The van der Waals surface area contributed by atoms with Crippen molar-refractivity contribution in [3.05, 3.63) is 29.3 Å². The van der Waals surface area contributed by atoms with Gasteiger partial charge in [0.05, 0.1) is 13.0 Å². The Kier molecular flexibility index (Phi) is 5.65. The van der Waals surface area contributed by atoms with Gasteiger partial charge in [0, 0.05) is 6.04 Å². The fourth-order valence-electron chi connectivity index (χ4n) is 1.79. The minimum atomic E-state index is -0.343. The lowest BCUT2D eigenvalue weighted by molar-refractivity contribution is -0.118. The van der Waals surface area contributed by atoms with E-state index in [1.165, 1.54) is 5.56 Å². The van der Waals surface area contributed by atoms with Crippen molar-refractivity contribution < 1.29 is 9.53 Å². The maximum absolute atomic E-state index is 10.6. The number of nitrogens with two attached hydrogens (primary N) is 1. The molecule has 0 saturated heterocycles. The van der Waals surface area contributed by atoms with Crippen LogP contribution in [0.3, 0.4) is 0 Å². The van der Waals surface area contributed by atoms with Crippen LogP contribution in [-0.2, 0) is 4.79 Å². The molecular formula is C14H22N2O2. The van der Waals surface area contributed by atoms with Crippen LogP contribution in [0.2, 0.25) is 0 Å². The number of carbonyl (C=O) groups excluding carboxylic acids is 1. The summed E-state index contributed by atoms with van der Waals surface area (Å²) in [5.41, 5.74) is 7.37. The molecule has 0 aliphatic heterocycles. The molecule has 3 N–H and O–H groups in total. The van der Waals surface area contributed by atoms with Gasteiger partial charge in [-0.05, 0) is 37.6 Å². The van der Waals surface area contributed by atoms with E-state index in [9.17, 15) is 4.79 Å². The van der Waals surface area contributed by atoms with Gasteiger partial charge in [-0.2, -0.15) is 0 Å². The number of rotatable bonds is 7. The van der Waals surface area contributed by atoms with Gasteiger partial charge in [0.1, 0.15) is 5.75 Å². The van der Waals surface area contributed by atoms with E-state index < -0.39 is 0 Å². The highest BCUT2D eigenvalue weighted by Crippen LogP contribution is 2.22. The Bertz CT molecular complexity index is 405. The van der Waals surface area contributed by atoms with Crippen molar-refractivity contribution in [2.24, 2.45) is 5.73 Å². The SMILES string of the molecule is CCNC(C)c1ccc(OCCC(N)=O)c(C)c1. The number of ether oxygens (including phenoxy) is 1. The van der Waals surface area contributed by atoms with Gasteiger partial charge < -0.3 is 15.8 Å². The molecule has 1 unspecified atom stereocenters. The maximum Gasteiger partial charge on any atom is 0.220 e. The first-order valence-electron chi connectivity index (χ1n) is 6.29. The van der Waals surface area contributed by atoms with E-state index in [1.807, 2.05) is 19.1 Å². The van der Waals surface area contributed by atoms with Gasteiger partial charge in [0.15, 0.2) is 0 Å². The summed E-state index contributed by atoms with van der Waals surface area (Å²) >= 11 is 0. The number of benzene rings is 1. The Labute approximate surface area is 109 Å². The molecule has 0 radical (unpaired) electrons. The molecule has 4 nitrogen and oxygen atoms in total. The molecule has 4 heteroatoms. The summed E-state index contributed by atoms with van der Waals surface area (Å²) in [5.74, 6) is 0.466. The van der Waals surface area contributed by atoms with Crippen molar-refractivity contribution in [2.75, 3.05) is 13.2 Å². The Morgan fingerprint density at radius 2 is 2.22 bits per heavy atom. The van der Waals surface area contributed by atoms with Gasteiger partial charge in [-0.1, -0.05) is 19.1 Å². The van der Waals surface area contributed by atoms with Crippen molar-refractivity contribution in [2.45, 2.75) is 33.2 Å². The zero-order valence-electron chi connectivity index (χ0n) is 11.3. The van der Waals surface area contributed by atoms with E-state index in [-0.39, 0.29) is 12.3 Å². The van der Waals surface area contributed by atoms with Crippen molar-refractivity contribution in [1.82, 2.24) is 5.32 Å². The van der Waals surface area contributed by atoms with Crippen molar-refractivity contribution in [1.29, 1.82) is 0 Å². The molecule has 0 heterocycles. The minimum Gasteiger partial charge on any atom is -0.493 e. The zero-order chi connectivity index (χ0) is 13.5. The standard InChI is InChI=1S/C14H22N2O2/c1-4-16-11(3)12-5-6-13(10(2)9-12)18-8-7-14(15)17/h5-6,9,11,16H,4,7-8H2,1-3H3,(H2,15,17). The fourth-order valence-corrected chi connectivity index (χ4v) is 1.79. The van der Waals surface area contributed by atoms with E-state index >= 15 is 0 Å². The van der Waals surface area contributed by atoms with E-state index in [2.05, 4.69) is 25.2 Å². The lowest BCUT2D eigenvalue weighted by Crippen LogP contribution is -2.18. The Morgan fingerprint density at radius 3 is 2.78 bits per heavy atom. The number of hydrogen-bond donors (Lipinski definition) is 2. The first-order chi connectivity index (χ1) is 8.54. The first kappa shape index (κ1) is 14.5. The lowest BCUT2D eigenvalue weighted by atomic mass is 10.1. The van der Waals surface area contributed by atoms with Crippen LogP contribution in [-0.4, -0.2) is 19.1 Å². The predicted octanol–water partition coefficient (Wildman–Crippen LogP) is 1.92. The third kappa shape index (κ3) is 4.37. The summed E-state index contributed by atoms with van der Waals surface area (Å²) in [7, 11) is 0. The molecule has 1 aromatic carbocycles. The summed E-state index contributed by atoms with van der Waals surface area (Å²) in [4.78, 5) is 10.6. The number of aryl methyl sites for hydroxylation is 1. The minimum absolute atomic E-state index is 0.245. The Hall–Kier alpha value is -1.55. The van der Waals surface area contributed by atoms with Crippen LogP contribution >= 0.6 is 0 Å². The number of hydrogen-bond acceptors (Lipinski definition) is 3. The van der Waals surface area contributed by atoms with E-state index in [0.717, 1.165) is 17.9 Å². The second-order valence-electron chi connectivity index (χ2n) is 4.37. The van der Waals surface area contributed by atoms with E-state index in [1.54, 1.807) is 0 Å². The van der Waals surface area contributed by atoms with Gasteiger partial charge in [-0.3, -0.25) is 4.79 Å². The average molecular weight is 250 g/mol. The van der Waals surface area contributed by atoms with E-state index in [0.29, 0.717) is 12.6 Å². The molecule has 1 atom stereocenters. The molecule has 1 aromatic rings. The van der Waals surface area contributed by atoms with Crippen LogP contribution < -0.4 is 15.8 Å². The van der Waals surface area contributed by atoms with Crippen LogP contribution in [0.1, 0.15) is 37.4 Å². The predicted molar refractivity (Wildman–Crippen MR) is 72.6 cm³/mol. The Morgan fingerprint density at radius 1 is 1.50 bits per heavy atom. The molecular weight excluding hydrogens is 228 g/mol. The molecule has 0 spiro atoms. The van der Waals surface area contributed by atoms with Gasteiger partial charge in [-0.15, -0.1) is 0 Å². The van der Waals surface area contributed by atoms with E-state index in [4.69, 9.17) is 10.5 Å². The monoisotopic (exact) mass is 250 g/mol. The van der Waals surface area contributed by atoms with Crippen molar-refractivity contribution >= 4 is 5.91 Å². The number of nitrogens with one attached hydrogen (secondary N) is 1. The molecule has 1 rings (SSSR count). The molecule has 100 valence electrons. The van der Waals surface area contributed by atoms with Crippen LogP contribution in [0, 0.1) is 6.92 Å². The molecule has 0 aliphatic carbocycles. The average Bonchev–Trinajstić information content (AvgIpc) is 2.31. The number of carbonyl (C=O) groups is 1. The maximum atomic E-state index is 10.6. The zero-order valence-corrected chi connectivity index (χ0v) is 11.3. The van der Waals surface area contributed by atoms with Crippen LogP contribution in [0.15, 0.2) is 18.2 Å². The second-order valence-corrected chi connectivity index (χ2v) is 4.37. The summed E-state index contributed by atoms with van der Waals surface area (Å²) in [6.45, 7) is 7.49. The third-order valence-corrected chi connectivity index (χ3v) is 2.82. The van der Waals surface area contributed by atoms with Crippen molar-refractivity contribution in [3.63, 3.8) is 0 Å². The first-order valence-corrected chi connectivity index (χ1v) is 6.29. The number of primary amides is 1. The molecule has 0 aromatic heterocycles. The molecule has 0 saturated carbocycles. The molecule has 1 amide bonds. The number of amides is 1. The second kappa shape index (κ2) is 7.01. The van der Waals surface area contributed by atoms with Crippen LogP contribution in [0.4, 0.5) is 0 Å². The smallest absolute Gasteiger partial charge is 0.220 e. The third-order valence-electron chi connectivity index (χ3n) is 2.82. The normalized spacial score (nSPS) is 12.2. The highest BCUT2D eigenvalue weighted by atomic mass is 16.5. The largest absolute Gasteiger partial charge is 0.493 e. The highest BCUT2D eigenvalue weighted by Gasteiger charge is 2.07. The quantitative estimate of drug-likeness (QED) is 0.777. The topological polar surface area (TPSA) is 64.3 Å². The van der Waals surface area contributed by atoms with Gasteiger partial charge in [-0.25, -0.2) is 0 Å². The molecule has 18 heavy (non-hydrogen) atoms. The molecule has 0 aliphatic rings.